The van der Waals surface area contributed by atoms with Gasteiger partial charge in [-0.05, 0) is 25.8 Å². The van der Waals surface area contributed by atoms with E-state index in [0.717, 1.165) is 19.5 Å². The van der Waals surface area contributed by atoms with Gasteiger partial charge >= 0.3 is 0 Å². The van der Waals surface area contributed by atoms with E-state index in [1.807, 2.05) is 0 Å². The Morgan fingerprint density at radius 1 is 1.57 bits per heavy atom. The van der Waals surface area contributed by atoms with E-state index in [-0.39, 0.29) is 18.1 Å². The number of fused-ring (bicyclic) bond motifs is 1. The van der Waals surface area contributed by atoms with Crippen molar-refractivity contribution in [2.24, 2.45) is 0 Å². The summed E-state index contributed by atoms with van der Waals surface area (Å²) in [7, 11) is 0. The van der Waals surface area contributed by atoms with Gasteiger partial charge < -0.3 is 10.4 Å². The molecule has 4 nitrogen and oxygen atoms in total. The van der Waals surface area contributed by atoms with Crippen molar-refractivity contribution in [2.75, 3.05) is 13.1 Å². The standard InChI is InChI=1S/C10H18N2O2/c1-7(13)11-8-5-10(14)9-3-2-4-12(9)6-8/h8-10,14H,2-6H2,1H3,(H,11,13). The van der Waals surface area contributed by atoms with Gasteiger partial charge in [0.15, 0.2) is 0 Å². The van der Waals surface area contributed by atoms with Crippen molar-refractivity contribution in [1.82, 2.24) is 10.2 Å². The third kappa shape index (κ3) is 1.91. The number of aliphatic hydroxyl groups is 1. The third-order valence-electron chi connectivity index (χ3n) is 3.25. The molecule has 1 amide bonds. The van der Waals surface area contributed by atoms with E-state index >= 15 is 0 Å². The van der Waals surface area contributed by atoms with Gasteiger partial charge in [-0.25, -0.2) is 0 Å². The first-order valence-electron chi connectivity index (χ1n) is 5.36. The normalized spacial score (nSPS) is 38.0. The predicted octanol–water partition coefficient (Wildman–Crippen LogP) is -0.280. The van der Waals surface area contributed by atoms with E-state index in [2.05, 4.69) is 10.2 Å². The van der Waals surface area contributed by atoms with Crippen LogP contribution < -0.4 is 5.32 Å². The monoisotopic (exact) mass is 198 g/mol. The summed E-state index contributed by atoms with van der Waals surface area (Å²) in [6, 6.07) is 0.483. The van der Waals surface area contributed by atoms with Crippen LogP contribution in [0.1, 0.15) is 26.2 Å². The van der Waals surface area contributed by atoms with Crippen molar-refractivity contribution in [2.45, 2.75) is 44.4 Å². The number of carbonyl (C=O) groups is 1. The van der Waals surface area contributed by atoms with E-state index in [1.165, 1.54) is 13.3 Å². The first kappa shape index (κ1) is 9.93. The molecule has 14 heavy (non-hydrogen) atoms. The Morgan fingerprint density at radius 3 is 3.07 bits per heavy atom. The summed E-state index contributed by atoms with van der Waals surface area (Å²) in [6.45, 7) is 3.50. The van der Waals surface area contributed by atoms with Crippen molar-refractivity contribution < 1.29 is 9.90 Å². The molecule has 0 aromatic heterocycles. The van der Waals surface area contributed by atoms with Crippen LogP contribution in [-0.2, 0) is 4.79 Å². The van der Waals surface area contributed by atoms with Gasteiger partial charge in [0.25, 0.3) is 0 Å². The van der Waals surface area contributed by atoms with Gasteiger partial charge in [-0.2, -0.15) is 0 Å². The number of aliphatic hydroxyl groups excluding tert-OH is 1. The predicted molar refractivity (Wildman–Crippen MR) is 52.8 cm³/mol. The highest BCUT2D eigenvalue weighted by Gasteiger charge is 2.37. The molecule has 4 heteroatoms. The zero-order valence-electron chi connectivity index (χ0n) is 8.57. The topological polar surface area (TPSA) is 52.6 Å². The molecule has 0 saturated carbocycles. The van der Waals surface area contributed by atoms with Gasteiger partial charge in [0.1, 0.15) is 0 Å². The fraction of sp³-hybridized carbons (Fsp3) is 0.900. The molecule has 0 aromatic rings. The first-order chi connectivity index (χ1) is 6.66. The van der Waals surface area contributed by atoms with Gasteiger partial charge in [-0.3, -0.25) is 9.69 Å². The maximum Gasteiger partial charge on any atom is 0.217 e. The quantitative estimate of drug-likeness (QED) is 0.609. The average molecular weight is 198 g/mol. The Labute approximate surface area is 84.3 Å². The lowest BCUT2D eigenvalue weighted by Crippen LogP contribution is -2.55. The third-order valence-corrected chi connectivity index (χ3v) is 3.25. The lowest BCUT2D eigenvalue weighted by atomic mass is 9.96. The van der Waals surface area contributed by atoms with Gasteiger partial charge in [0, 0.05) is 25.6 Å². The number of hydrogen-bond donors (Lipinski definition) is 2. The molecule has 0 radical (unpaired) electrons. The minimum Gasteiger partial charge on any atom is -0.391 e. The van der Waals surface area contributed by atoms with E-state index < -0.39 is 0 Å². The average Bonchev–Trinajstić information content (AvgIpc) is 2.50. The fourth-order valence-electron chi connectivity index (χ4n) is 2.71. The number of rotatable bonds is 1. The number of carbonyl (C=O) groups excluding carboxylic acids is 1. The summed E-state index contributed by atoms with van der Waals surface area (Å²) < 4.78 is 0. The Morgan fingerprint density at radius 2 is 2.36 bits per heavy atom. The van der Waals surface area contributed by atoms with Crippen molar-refractivity contribution in [3.63, 3.8) is 0 Å². The van der Waals surface area contributed by atoms with E-state index in [0.29, 0.717) is 12.5 Å². The lowest BCUT2D eigenvalue weighted by Gasteiger charge is -2.38. The molecule has 0 aromatic carbocycles. The summed E-state index contributed by atoms with van der Waals surface area (Å²) in [4.78, 5) is 13.2. The van der Waals surface area contributed by atoms with Crippen molar-refractivity contribution in [3.05, 3.63) is 0 Å². The molecule has 0 aliphatic carbocycles. The smallest absolute Gasteiger partial charge is 0.217 e. The van der Waals surface area contributed by atoms with Crippen LogP contribution in [0.2, 0.25) is 0 Å². The second-order valence-electron chi connectivity index (χ2n) is 4.41. The van der Waals surface area contributed by atoms with Crippen molar-refractivity contribution in [1.29, 1.82) is 0 Å². The van der Waals surface area contributed by atoms with E-state index in [1.54, 1.807) is 0 Å². The molecule has 2 aliphatic rings. The van der Waals surface area contributed by atoms with Crippen LogP contribution in [0.5, 0.6) is 0 Å². The Kier molecular flexibility index (Phi) is 2.74. The van der Waals surface area contributed by atoms with Crippen LogP contribution in [0.4, 0.5) is 0 Å². The van der Waals surface area contributed by atoms with Crippen LogP contribution in [0.15, 0.2) is 0 Å². The molecule has 80 valence electrons. The lowest BCUT2D eigenvalue weighted by molar-refractivity contribution is -0.120. The Balaban J connectivity index is 1.95. The molecule has 3 unspecified atom stereocenters. The number of hydrogen-bond acceptors (Lipinski definition) is 3. The largest absolute Gasteiger partial charge is 0.391 e. The number of amides is 1. The highest BCUT2D eigenvalue weighted by atomic mass is 16.3. The maximum absolute atomic E-state index is 10.9. The molecule has 2 N–H and O–H groups in total. The minimum absolute atomic E-state index is 0.000142. The molecule has 2 saturated heterocycles. The summed E-state index contributed by atoms with van der Waals surface area (Å²) in [5, 5.41) is 12.8. The zero-order valence-corrected chi connectivity index (χ0v) is 8.57. The zero-order chi connectivity index (χ0) is 10.1. The van der Waals surface area contributed by atoms with Crippen LogP contribution >= 0.6 is 0 Å². The SMILES string of the molecule is CC(=O)NC1CC(O)C2CCCN2C1. The van der Waals surface area contributed by atoms with Gasteiger partial charge in [-0.1, -0.05) is 0 Å². The summed E-state index contributed by atoms with van der Waals surface area (Å²) in [5.41, 5.74) is 0. The summed E-state index contributed by atoms with van der Waals surface area (Å²) in [5.74, 6) is -0.000142. The van der Waals surface area contributed by atoms with E-state index in [4.69, 9.17) is 0 Å². The van der Waals surface area contributed by atoms with Crippen LogP contribution in [0.3, 0.4) is 0 Å². The van der Waals surface area contributed by atoms with Crippen LogP contribution in [-0.4, -0.2) is 47.2 Å². The second-order valence-corrected chi connectivity index (χ2v) is 4.41. The fourth-order valence-corrected chi connectivity index (χ4v) is 2.71. The van der Waals surface area contributed by atoms with Crippen LogP contribution in [0.25, 0.3) is 0 Å². The molecule has 3 atom stereocenters. The Bertz CT molecular complexity index is 232. The molecular formula is C10H18N2O2. The van der Waals surface area contributed by atoms with Crippen molar-refractivity contribution in [3.8, 4) is 0 Å². The molecule has 2 rings (SSSR count). The van der Waals surface area contributed by atoms with E-state index in [9.17, 15) is 9.90 Å². The number of nitrogens with zero attached hydrogens (tertiary/aromatic N) is 1. The maximum atomic E-state index is 10.9. The molecular weight excluding hydrogens is 180 g/mol. The first-order valence-corrected chi connectivity index (χ1v) is 5.36. The number of nitrogens with one attached hydrogen (secondary N) is 1. The summed E-state index contributed by atoms with van der Waals surface area (Å²) in [6.07, 6.45) is 2.73. The molecule has 0 spiro atoms. The van der Waals surface area contributed by atoms with Gasteiger partial charge in [-0.15, -0.1) is 0 Å². The minimum atomic E-state index is -0.261. The molecule has 2 fully saturated rings. The molecule has 2 heterocycles. The van der Waals surface area contributed by atoms with Gasteiger partial charge in [0.05, 0.1) is 6.10 Å². The number of piperidine rings is 1. The highest BCUT2D eigenvalue weighted by Crippen LogP contribution is 2.27. The van der Waals surface area contributed by atoms with Crippen molar-refractivity contribution >= 4 is 5.91 Å². The second kappa shape index (κ2) is 3.87. The molecule has 0 bridgehead atoms. The Hall–Kier alpha value is -0.610. The highest BCUT2D eigenvalue weighted by molar-refractivity contribution is 5.73. The van der Waals surface area contributed by atoms with Gasteiger partial charge in [0.2, 0.25) is 5.91 Å². The molecule has 2 aliphatic heterocycles. The van der Waals surface area contributed by atoms with Crippen LogP contribution in [0, 0.1) is 0 Å². The summed E-state index contributed by atoms with van der Waals surface area (Å²) >= 11 is 0.